The van der Waals surface area contributed by atoms with E-state index in [4.69, 9.17) is 4.74 Å². The number of hydrogen-bond acceptors (Lipinski definition) is 4. The lowest BCUT2D eigenvalue weighted by Gasteiger charge is -2.30. The van der Waals surface area contributed by atoms with Crippen molar-refractivity contribution in [2.75, 3.05) is 25.5 Å². The molecule has 2 heterocycles. The van der Waals surface area contributed by atoms with Crippen molar-refractivity contribution in [3.8, 4) is 5.75 Å². The Balaban J connectivity index is 1.65. The van der Waals surface area contributed by atoms with Gasteiger partial charge in [0.05, 0.1) is 12.7 Å². The molecule has 0 radical (unpaired) electrons. The Morgan fingerprint density at radius 3 is 2.67 bits per heavy atom. The maximum absolute atomic E-state index is 12.5. The predicted molar refractivity (Wildman–Crippen MR) is 94.8 cm³/mol. The zero-order valence-corrected chi connectivity index (χ0v) is 14.2. The van der Waals surface area contributed by atoms with Crippen molar-refractivity contribution in [1.29, 1.82) is 0 Å². The number of carbonyl (C=O) groups is 1. The summed E-state index contributed by atoms with van der Waals surface area (Å²) in [5.41, 5.74) is 1.57. The van der Waals surface area contributed by atoms with Crippen molar-refractivity contribution < 1.29 is 9.53 Å². The van der Waals surface area contributed by atoms with E-state index in [1.165, 1.54) is 6.42 Å². The minimum atomic E-state index is 0.0741. The van der Waals surface area contributed by atoms with E-state index in [1.54, 1.807) is 13.3 Å². The summed E-state index contributed by atoms with van der Waals surface area (Å²) in [7, 11) is 1.64. The van der Waals surface area contributed by atoms with Crippen LogP contribution < -0.4 is 10.1 Å². The summed E-state index contributed by atoms with van der Waals surface area (Å²) < 4.78 is 5.14. The number of nitrogens with zero attached hydrogens (tertiary/aromatic N) is 2. The van der Waals surface area contributed by atoms with Crippen LogP contribution in [0, 0.1) is 5.92 Å². The van der Waals surface area contributed by atoms with E-state index < -0.39 is 0 Å². The zero-order valence-electron chi connectivity index (χ0n) is 14.2. The predicted octanol–water partition coefficient (Wildman–Crippen LogP) is 3.71. The Hall–Kier alpha value is -2.56. The number of carbonyl (C=O) groups excluding carboxylic acids is 1. The van der Waals surface area contributed by atoms with Crippen LogP contribution in [0.4, 0.5) is 11.5 Å². The first-order chi connectivity index (χ1) is 11.7. The number of ether oxygens (including phenoxy) is 1. The molecule has 1 amide bonds. The standard InChI is InChI=1S/C19H23N3O2/c1-14-4-3-11-22(13-14)19(23)15-5-10-18(20-12-15)21-16-6-8-17(24-2)9-7-16/h5-10,12,14H,3-4,11,13H2,1-2H3,(H,20,21). The highest BCUT2D eigenvalue weighted by Crippen LogP contribution is 2.20. The van der Waals surface area contributed by atoms with Crippen LogP contribution >= 0.6 is 0 Å². The molecule has 1 atom stereocenters. The molecule has 1 N–H and O–H groups in total. The van der Waals surface area contributed by atoms with E-state index in [-0.39, 0.29) is 5.91 Å². The fourth-order valence-corrected chi connectivity index (χ4v) is 2.97. The van der Waals surface area contributed by atoms with Gasteiger partial charge in [-0.2, -0.15) is 0 Å². The number of rotatable bonds is 4. The van der Waals surface area contributed by atoms with E-state index in [0.717, 1.165) is 30.9 Å². The number of likely N-dealkylation sites (tertiary alicyclic amines) is 1. The second kappa shape index (κ2) is 7.34. The van der Waals surface area contributed by atoms with Gasteiger partial charge >= 0.3 is 0 Å². The summed E-state index contributed by atoms with van der Waals surface area (Å²) in [5, 5.41) is 3.22. The number of piperidine rings is 1. The molecule has 0 bridgehead atoms. The molecule has 1 aromatic carbocycles. The fourth-order valence-electron chi connectivity index (χ4n) is 2.97. The van der Waals surface area contributed by atoms with Crippen LogP contribution in [0.25, 0.3) is 0 Å². The topological polar surface area (TPSA) is 54.5 Å². The minimum Gasteiger partial charge on any atom is -0.497 e. The summed E-state index contributed by atoms with van der Waals surface area (Å²) in [6.45, 7) is 3.87. The first-order valence-corrected chi connectivity index (χ1v) is 8.32. The smallest absolute Gasteiger partial charge is 0.255 e. The Labute approximate surface area is 142 Å². The third-order valence-electron chi connectivity index (χ3n) is 4.32. The Bertz CT molecular complexity index is 683. The molecule has 1 aromatic heterocycles. The highest BCUT2D eigenvalue weighted by Gasteiger charge is 2.22. The van der Waals surface area contributed by atoms with Crippen LogP contribution in [0.5, 0.6) is 5.75 Å². The molecular formula is C19H23N3O2. The molecule has 0 spiro atoms. The summed E-state index contributed by atoms with van der Waals surface area (Å²) in [6, 6.07) is 11.3. The highest BCUT2D eigenvalue weighted by molar-refractivity contribution is 5.94. The van der Waals surface area contributed by atoms with Gasteiger partial charge in [0.2, 0.25) is 0 Å². The lowest BCUT2D eigenvalue weighted by molar-refractivity contribution is 0.0682. The molecule has 0 saturated carbocycles. The molecule has 1 saturated heterocycles. The number of benzene rings is 1. The van der Waals surface area contributed by atoms with Crippen molar-refractivity contribution in [2.45, 2.75) is 19.8 Å². The second-order valence-corrected chi connectivity index (χ2v) is 6.28. The van der Waals surface area contributed by atoms with E-state index in [9.17, 15) is 4.79 Å². The van der Waals surface area contributed by atoms with Gasteiger partial charge in [-0.25, -0.2) is 4.98 Å². The van der Waals surface area contributed by atoms with E-state index >= 15 is 0 Å². The maximum Gasteiger partial charge on any atom is 0.255 e. The molecule has 1 aliphatic rings. The third kappa shape index (κ3) is 3.85. The summed E-state index contributed by atoms with van der Waals surface area (Å²) in [5.74, 6) is 2.17. The molecule has 1 aliphatic heterocycles. The first-order valence-electron chi connectivity index (χ1n) is 8.32. The van der Waals surface area contributed by atoms with Gasteiger partial charge in [0.1, 0.15) is 11.6 Å². The molecule has 5 nitrogen and oxygen atoms in total. The minimum absolute atomic E-state index is 0.0741. The van der Waals surface area contributed by atoms with Crippen molar-refractivity contribution in [3.63, 3.8) is 0 Å². The average molecular weight is 325 g/mol. The number of nitrogens with one attached hydrogen (secondary N) is 1. The Morgan fingerprint density at radius 1 is 1.25 bits per heavy atom. The van der Waals surface area contributed by atoms with Crippen LogP contribution in [0.15, 0.2) is 42.6 Å². The van der Waals surface area contributed by atoms with Crippen molar-refractivity contribution in [1.82, 2.24) is 9.88 Å². The quantitative estimate of drug-likeness (QED) is 0.931. The molecule has 1 unspecified atom stereocenters. The van der Waals surface area contributed by atoms with E-state index in [0.29, 0.717) is 17.3 Å². The SMILES string of the molecule is COc1ccc(Nc2ccc(C(=O)N3CCCC(C)C3)cn2)cc1. The number of aromatic nitrogens is 1. The molecule has 1 fully saturated rings. The monoisotopic (exact) mass is 325 g/mol. The molecule has 5 heteroatoms. The lowest BCUT2D eigenvalue weighted by Crippen LogP contribution is -2.39. The van der Waals surface area contributed by atoms with Crippen LogP contribution in [0.2, 0.25) is 0 Å². The van der Waals surface area contributed by atoms with Crippen molar-refractivity contribution in [2.24, 2.45) is 5.92 Å². The van der Waals surface area contributed by atoms with Crippen molar-refractivity contribution >= 4 is 17.4 Å². The average Bonchev–Trinajstić information content (AvgIpc) is 2.62. The zero-order chi connectivity index (χ0) is 16.9. The molecule has 3 rings (SSSR count). The van der Waals surface area contributed by atoms with Crippen LogP contribution in [-0.4, -0.2) is 36.0 Å². The van der Waals surface area contributed by atoms with E-state index in [2.05, 4.69) is 17.2 Å². The summed E-state index contributed by atoms with van der Waals surface area (Å²) in [4.78, 5) is 18.8. The molecule has 0 aliphatic carbocycles. The Morgan fingerprint density at radius 2 is 2.04 bits per heavy atom. The van der Waals surface area contributed by atoms with Gasteiger partial charge < -0.3 is 15.0 Å². The van der Waals surface area contributed by atoms with Crippen LogP contribution in [-0.2, 0) is 0 Å². The van der Waals surface area contributed by atoms with Crippen molar-refractivity contribution in [3.05, 3.63) is 48.2 Å². The van der Waals surface area contributed by atoms with Gasteiger partial charge in [0.25, 0.3) is 5.91 Å². The maximum atomic E-state index is 12.5. The summed E-state index contributed by atoms with van der Waals surface area (Å²) in [6.07, 6.45) is 3.93. The molecule has 126 valence electrons. The number of anilines is 2. The van der Waals surface area contributed by atoms with Crippen LogP contribution in [0.1, 0.15) is 30.1 Å². The normalized spacial score (nSPS) is 17.4. The number of amides is 1. The van der Waals surface area contributed by atoms with Gasteiger partial charge in [-0.3, -0.25) is 4.79 Å². The van der Waals surface area contributed by atoms with Gasteiger partial charge in [0, 0.05) is 25.0 Å². The van der Waals surface area contributed by atoms with Gasteiger partial charge in [-0.1, -0.05) is 6.92 Å². The van der Waals surface area contributed by atoms with Gasteiger partial charge in [-0.05, 0) is 55.2 Å². The molecule has 2 aromatic rings. The number of hydrogen-bond donors (Lipinski definition) is 1. The largest absolute Gasteiger partial charge is 0.497 e. The van der Waals surface area contributed by atoms with Gasteiger partial charge in [0.15, 0.2) is 0 Å². The first kappa shape index (κ1) is 16.3. The third-order valence-corrected chi connectivity index (χ3v) is 4.32. The summed E-state index contributed by atoms with van der Waals surface area (Å²) >= 11 is 0. The van der Waals surface area contributed by atoms with Gasteiger partial charge in [-0.15, -0.1) is 0 Å². The van der Waals surface area contributed by atoms with Crippen LogP contribution in [0.3, 0.4) is 0 Å². The highest BCUT2D eigenvalue weighted by atomic mass is 16.5. The molecule has 24 heavy (non-hydrogen) atoms. The fraction of sp³-hybridized carbons (Fsp3) is 0.368. The number of pyridine rings is 1. The molecular weight excluding hydrogens is 302 g/mol. The van der Waals surface area contributed by atoms with E-state index in [1.807, 2.05) is 41.3 Å². The number of methoxy groups -OCH3 is 1. The lowest BCUT2D eigenvalue weighted by atomic mass is 10.00. The second-order valence-electron chi connectivity index (χ2n) is 6.28. The Kier molecular flexibility index (Phi) is 4.99.